The Bertz CT molecular complexity index is 1290. The van der Waals surface area contributed by atoms with Crippen LogP contribution in [-0.2, 0) is 11.3 Å². The summed E-state index contributed by atoms with van der Waals surface area (Å²) in [5.41, 5.74) is 2.38. The Morgan fingerprint density at radius 3 is 2.46 bits per heavy atom. The van der Waals surface area contributed by atoms with Crippen LogP contribution in [-0.4, -0.2) is 45.1 Å². The number of likely N-dealkylation sites (N-methyl/N-ethyl adjacent to an activating group) is 1. The SMILES string of the molecule is COc1ccc(CNC(=O)NC2N=C(c3ccccc3F)c3ccccc3N(C)C2=O)c(OC)c1. The summed E-state index contributed by atoms with van der Waals surface area (Å²) >= 11 is 0. The number of aliphatic imine (C=N–C) groups is 1. The summed E-state index contributed by atoms with van der Waals surface area (Å²) in [6.07, 6.45) is -1.26. The minimum absolute atomic E-state index is 0.139. The highest BCUT2D eigenvalue weighted by molar-refractivity contribution is 6.20. The molecule has 0 fully saturated rings. The molecule has 1 aliphatic heterocycles. The molecule has 35 heavy (non-hydrogen) atoms. The zero-order valence-electron chi connectivity index (χ0n) is 19.5. The molecule has 1 atom stereocenters. The summed E-state index contributed by atoms with van der Waals surface area (Å²) < 4.78 is 25.3. The molecule has 0 spiro atoms. The van der Waals surface area contributed by atoms with Gasteiger partial charge in [-0.15, -0.1) is 0 Å². The summed E-state index contributed by atoms with van der Waals surface area (Å²) in [7, 11) is 4.67. The minimum Gasteiger partial charge on any atom is -0.497 e. The molecule has 1 heterocycles. The summed E-state index contributed by atoms with van der Waals surface area (Å²) in [6, 6.07) is 17.9. The van der Waals surface area contributed by atoms with E-state index in [0.717, 1.165) is 5.56 Å². The van der Waals surface area contributed by atoms with Crippen LogP contribution in [0.5, 0.6) is 11.5 Å². The van der Waals surface area contributed by atoms with Crippen LogP contribution in [0.3, 0.4) is 0 Å². The van der Waals surface area contributed by atoms with Gasteiger partial charge in [0.05, 0.1) is 25.6 Å². The number of para-hydroxylation sites is 1. The van der Waals surface area contributed by atoms with Crippen LogP contribution in [0, 0.1) is 5.82 Å². The van der Waals surface area contributed by atoms with Gasteiger partial charge >= 0.3 is 6.03 Å². The van der Waals surface area contributed by atoms with Gasteiger partial charge in [0.2, 0.25) is 6.17 Å². The smallest absolute Gasteiger partial charge is 0.317 e. The number of amides is 3. The van der Waals surface area contributed by atoms with E-state index in [9.17, 15) is 14.0 Å². The van der Waals surface area contributed by atoms with Crippen LogP contribution in [0.4, 0.5) is 14.9 Å². The number of carbonyl (C=O) groups excluding carboxylic acids is 2. The molecule has 3 aromatic carbocycles. The van der Waals surface area contributed by atoms with Crippen LogP contribution in [0.1, 0.15) is 16.7 Å². The Kier molecular flexibility index (Phi) is 6.96. The fourth-order valence-corrected chi connectivity index (χ4v) is 3.83. The first-order valence-corrected chi connectivity index (χ1v) is 10.9. The van der Waals surface area contributed by atoms with Crippen molar-refractivity contribution in [1.29, 1.82) is 0 Å². The first-order chi connectivity index (χ1) is 16.9. The maximum absolute atomic E-state index is 14.7. The number of fused-ring (bicyclic) bond motifs is 1. The molecule has 8 nitrogen and oxygen atoms in total. The summed E-state index contributed by atoms with van der Waals surface area (Å²) in [4.78, 5) is 31.9. The molecule has 0 bridgehead atoms. The van der Waals surface area contributed by atoms with Crippen molar-refractivity contribution in [3.8, 4) is 11.5 Å². The van der Waals surface area contributed by atoms with Crippen LogP contribution in [0.2, 0.25) is 0 Å². The number of anilines is 1. The largest absolute Gasteiger partial charge is 0.497 e. The number of nitrogens with one attached hydrogen (secondary N) is 2. The van der Waals surface area contributed by atoms with Crippen molar-refractivity contribution in [1.82, 2.24) is 10.6 Å². The van der Waals surface area contributed by atoms with Gasteiger partial charge in [0.25, 0.3) is 5.91 Å². The van der Waals surface area contributed by atoms with Gasteiger partial charge in [-0.05, 0) is 30.3 Å². The average Bonchev–Trinajstić information content (AvgIpc) is 2.98. The minimum atomic E-state index is -1.26. The van der Waals surface area contributed by atoms with Crippen molar-refractivity contribution in [2.75, 3.05) is 26.2 Å². The molecular weight excluding hydrogens is 451 g/mol. The van der Waals surface area contributed by atoms with Gasteiger partial charge in [0.1, 0.15) is 17.3 Å². The van der Waals surface area contributed by atoms with Crippen molar-refractivity contribution >= 4 is 23.3 Å². The van der Waals surface area contributed by atoms with Gasteiger partial charge in [0.15, 0.2) is 0 Å². The summed E-state index contributed by atoms with van der Waals surface area (Å²) in [5, 5.41) is 5.32. The number of methoxy groups -OCH3 is 2. The molecule has 3 amide bonds. The summed E-state index contributed by atoms with van der Waals surface area (Å²) in [5.74, 6) is 0.232. The van der Waals surface area contributed by atoms with E-state index in [1.54, 1.807) is 74.8 Å². The lowest BCUT2D eigenvalue weighted by Gasteiger charge is -2.21. The molecule has 3 aromatic rings. The van der Waals surface area contributed by atoms with Gasteiger partial charge < -0.3 is 25.0 Å². The molecule has 0 saturated heterocycles. The van der Waals surface area contributed by atoms with E-state index in [4.69, 9.17) is 9.47 Å². The average molecular weight is 477 g/mol. The number of rotatable bonds is 6. The molecule has 180 valence electrons. The first-order valence-electron chi connectivity index (χ1n) is 10.9. The molecule has 2 N–H and O–H groups in total. The molecule has 9 heteroatoms. The highest BCUT2D eigenvalue weighted by atomic mass is 19.1. The Balaban J connectivity index is 1.60. The maximum Gasteiger partial charge on any atom is 0.317 e. The number of nitrogens with zero attached hydrogens (tertiary/aromatic N) is 2. The molecule has 0 saturated carbocycles. The Morgan fingerprint density at radius 1 is 1.03 bits per heavy atom. The molecule has 0 radical (unpaired) electrons. The van der Waals surface area contributed by atoms with Gasteiger partial charge in [-0.1, -0.05) is 30.3 Å². The first kappa shape index (κ1) is 23.7. The van der Waals surface area contributed by atoms with E-state index in [1.807, 2.05) is 0 Å². The lowest BCUT2D eigenvalue weighted by atomic mass is 10.00. The van der Waals surface area contributed by atoms with Gasteiger partial charge in [-0.3, -0.25) is 4.79 Å². The molecule has 0 aliphatic carbocycles. The van der Waals surface area contributed by atoms with E-state index in [2.05, 4.69) is 15.6 Å². The third kappa shape index (κ3) is 4.93. The maximum atomic E-state index is 14.7. The number of urea groups is 1. The Labute approximate surface area is 202 Å². The second-order valence-electron chi connectivity index (χ2n) is 7.78. The highest BCUT2D eigenvalue weighted by Gasteiger charge is 2.31. The quantitative estimate of drug-likeness (QED) is 0.570. The number of ether oxygens (including phenoxy) is 2. The second-order valence-corrected chi connectivity index (χ2v) is 7.78. The van der Waals surface area contributed by atoms with Crippen LogP contribution in [0.15, 0.2) is 71.7 Å². The number of hydrogen-bond acceptors (Lipinski definition) is 5. The van der Waals surface area contributed by atoms with Crippen molar-refractivity contribution < 1.29 is 23.5 Å². The van der Waals surface area contributed by atoms with E-state index in [-0.39, 0.29) is 17.8 Å². The lowest BCUT2D eigenvalue weighted by molar-refractivity contribution is -0.119. The summed E-state index contributed by atoms with van der Waals surface area (Å²) in [6.45, 7) is 0.139. The van der Waals surface area contributed by atoms with Crippen molar-refractivity contribution in [3.05, 3.63) is 89.2 Å². The number of benzodiazepines with no additional fused rings is 1. The fraction of sp³-hybridized carbons (Fsp3) is 0.192. The molecule has 0 aromatic heterocycles. The van der Waals surface area contributed by atoms with Gasteiger partial charge in [-0.2, -0.15) is 0 Å². The highest BCUT2D eigenvalue weighted by Crippen LogP contribution is 2.28. The predicted octanol–water partition coefficient (Wildman–Crippen LogP) is 3.48. The molecule has 1 aliphatic rings. The Hall–Kier alpha value is -4.40. The third-order valence-corrected chi connectivity index (χ3v) is 5.67. The number of benzene rings is 3. The molecule has 4 rings (SSSR count). The van der Waals surface area contributed by atoms with Crippen LogP contribution < -0.4 is 25.0 Å². The van der Waals surface area contributed by atoms with Crippen molar-refractivity contribution in [2.45, 2.75) is 12.7 Å². The van der Waals surface area contributed by atoms with E-state index >= 15 is 0 Å². The van der Waals surface area contributed by atoms with Crippen LogP contribution >= 0.6 is 0 Å². The predicted molar refractivity (Wildman–Crippen MR) is 131 cm³/mol. The number of halogens is 1. The van der Waals surface area contributed by atoms with Crippen LogP contribution in [0.25, 0.3) is 0 Å². The number of carbonyl (C=O) groups is 2. The lowest BCUT2D eigenvalue weighted by Crippen LogP contribution is -2.49. The van der Waals surface area contributed by atoms with Gasteiger partial charge in [0, 0.05) is 36.3 Å². The topological polar surface area (TPSA) is 92.3 Å². The van der Waals surface area contributed by atoms with Gasteiger partial charge in [-0.25, -0.2) is 14.2 Å². The monoisotopic (exact) mass is 476 g/mol. The standard InChI is InChI=1S/C26H25FN4O4/c1-31-21-11-7-5-9-19(21)23(18-8-4-6-10-20(18)27)29-24(25(31)32)30-26(33)28-15-16-12-13-17(34-2)14-22(16)35-3/h4-14,24H,15H2,1-3H3,(H2,28,30,33). The molecular formula is C26H25FN4O4. The van der Waals surface area contributed by atoms with Crippen molar-refractivity contribution in [2.24, 2.45) is 4.99 Å². The van der Waals surface area contributed by atoms with Crippen molar-refractivity contribution in [3.63, 3.8) is 0 Å². The van der Waals surface area contributed by atoms with E-state index in [0.29, 0.717) is 22.7 Å². The third-order valence-electron chi connectivity index (χ3n) is 5.67. The zero-order chi connectivity index (χ0) is 24.9. The number of hydrogen-bond donors (Lipinski definition) is 2. The Morgan fingerprint density at radius 2 is 1.74 bits per heavy atom. The fourth-order valence-electron chi connectivity index (χ4n) is 3.83. The molecule has 1 unspecified atom stereocenters. The normalized spacial score (nSPS) is 15.0. The zero-order valence-corrected chi connectivity index (χ0v) is 19.5. The van der Waals surface area contributed by atoms with E-state index < -0.39 is 23.9 Å². The second kappa shape index (κ2) is 10.3. The van der Waals surface area contributed by atoms with E-state index in [1.165, 1.54) is 18.1 Å².